The van der Waals surface area contributed by atoms with E-state index >= 15 is 0 Å². The van der Waals surface area contributed by atoms with Gasteiger partial charge in [-0.05, 0) is 78.4 Å². The van der Waals surface area contributed by atoms with Crippen LogP contribution in [0.5, 0.6) is 5.75 Å². The maximum atomic E-state index is 13.2. The van der Waals surface area contributed by atoms with Gasteiger partial charge < -0.3 is 20.7 Å². The fourth-order valence-corrected chi connectivity index (χ4v) is 4.61. The minimum absolute atomic E-state index is 0.0684. The van der Waals surface area contributed by atoms with Crippen molar-refractivity contribution in [3.63, 3.8) is 0 Å². The van der Waals surface area contributed by atoms with E-state index < -0.39 is 11.8 Å². The standard InChI is InChI=1S/C31H25Cl2N3O4S/c1-40-24-12-7-20(8-13-24)17-28(36-30(38)21-5-3-2-4-6-21)31(39)34-23-10-14-25(15-11-23)41-19-29(37)35-27-18-22(32)9-16-26(27)33/h2-18H,19H2,1H3,(H,34,39)(H,35,37)(H,36,38)/b28-17-. The molecule has 0 aromatic heterocycles. The molecule has 0 heterocycles. The zero-order valence-corrected chi connectivity index (χ0v) is 24.1. The van der Waals surface area contributed by atoms with Crippen LogP contribution >= 0.6 is 35.0 Å². The molecule has 0 fully saturated rings. The average molecular weight is 607 g/mol. The van der Waals surface area contributed by atoms with Crippen molar-refractivity contribution in [3.05, 3.63) is 124 Å². The second kappa shape index (κ2) is 14.4. The van der Waals surface area contributed by atoms with Crippen LogP contribution in [0, 0.1) is 0 Å². The number of ether oxygens (including phenoxy) is 1. The van der Waals surface area contributed by atoms with E-state index in [9.17, 15) is 14.4 Å². The number of anilines is 2. The van der Waals surface area contributed by atoms with Crippen molar-refractivity contribution in [2.75, 3.05) is 23.5 Å². The number of hydrogen-bond donors (Lipinski definition) is 3. The SMILES string of the molecule is COc1ccc(/C=C(\NC(=O)c2ccccc2)C(=O)Nc2ccc(SCC(=O)Nc3cc(Cl)ccc3Cl)cc2)cc1. The zero-order valence-electron chi connectivity index (χ0n) is 21.8. The summed E-state index contributed by atoms with van der Waals surface area (Å²) >= 11 is 13.4. The fourth-order valence-electron chi connectivity index (χ4n) is 3.57. The number of nitrogens with one attached hydrogen (secondary N) is 3. The van der Waals surface area contributed by atoms with Crippen LogP contribution in [0.15, 0.2) is 108 Å². The second-order valence-corrected chi connectivity index (χ2v) is 10.5. The number of hydrogen-bond acceptors (Lipinski definition) is 5. The van der Waals surface area contributed by atoms with Crippen molar-refractivity contribution < 1.29 is 19.1 Å². The molecule has 41 heavy (non-hydrogen) atoms. The topological polar surface area (TPSA) is 96.5 Å². The molecule has 0 saturated heterocycles. The first-order valence-corrected chi connectivity index (χ1v) is 14.1. The highest BCUT2D eigenvalue weighted by atomic mass is 35.5. The number of carbonyl (C=O) groups excluding carboxylic acids is 3. The summed E-state index contributed by atoms with van der Waals surface area (Å²) in [5.74, 6) is -0.327. The van der Waals surface area contributed by atoms with Crippen molar-refractivity contribution in [3.8, 4) is 5.75 Å². The van der Waals surface area contributed by atoms with E-state index in [1.807, 2.05) is 0 Å². The number of carbonyl (C=O) groups is 3. The third kappa shape index (κ3) is 8.88. The summed E-state index contributed by atoms with van der Waals surface area (Å²) in [4.78, 5) is 39.3. The predicted molar refractivity (Wildman–Crippen MR) is 166 cm³/mol. The van der Waals surface area contributed by atoms with Gasteiger partial charge in [0.05, 0.1) is 23.6 Å². The van der Waals surface area contributed by atoms with Gasteiger partial charge in [0, 0.05) is 21.2 Å². The summed E-state index contributed by atoms with van der Waals surface area (Å²) in [5.41, 5.74) is 2.15. The molecule has 0 spiro atoms. The molecule has 10 heteroatoms. The first-order chi connectivity index (χ1) is 19.8. The summed E-state index contributed by atoms with van der Waals surface area (Å²) in [6.45, 7) is 0. The summed E-state index contributed by atoms with van der Waals surface area (Å²) in [5, 5.41) is 9.14. The van der Waals surface area contributed by atoms with Gasteiger partial charge in [0.2, 0.25) is 5.91 Å². The lowest BCUT2D eigenvalue weighted by atomic mass is 10.1. The van der Waals surface area contributed by atoms with Crippen LogP contribution in [0.3, 0.4) is 0 Å². The normalized spacial score (nSPS) is 11.0. The molecule has 4 aromatic rings. The number of halogens is 2. The molecule has 208 valence electrons. The number of methoxy groups -OCH3 is 1. The molecule has 7 nitrogen and oxygen atoms in total. The largest absolute Gasteiger partial charge is 0.497 e. The molecule has 0 atom stereocenters. The number of rotatable bonds is 10. The van der Waals surface area contributed by atoms with Crippen LogP contribution in [0.2, 0.25) is 10.0 Å². The minimum atomic E-state index is -0.497. The first-order valence-electron chi connectivity index (χ1n) is 12.3. The number of benzene rings is 4. The van der Waals surface area contributed by atoms with Gasteiger partial charge in [0.1, 0.15) is 11.4 Å². The summed E-state index contributed by atoms with van der Waals surface area (Å²) in [6, 6.07) is 27.6. The summed E-state index contributed by atoms with van der Waals surface area (Å²) in [7, 11) is 1.57. The Morgan fingerprint density at radius 3 is 2.24 bits per heavy atom. The van der Waals surface area contributed by atoms with E-state index in [1.165, 1.54) is 11.8 Å². The highest BCUT2D eigenvalue weighted by molar-refractivity contribution is 8.00. The highest BCUT2D eigenvalue weighted by Crippen LogP contribution is 2.26. The van der Waals surface area contributed by atoms with Crippen LogP contribution in [-0.2, 0) is 9.59 Å². The number of amides is 3. The third-order valence-corrected chi connectivity index (χ3v) is 7.22. The first kappa shape index (κ1) is 29.7. The van der Waals surface area contributed by atoms with Gasteiger partial charge in [0.25, 0.3) is 11.8 Å². The molecular weight excluding hydrogens is 581 g/mol. The molecule has 4 rings (SSSR count). The molecular formula is C31H25Cl2N3O4S. The monoisotopic (exact) mass is 605 g/mol. The van der Waals surface area contributed by atoms with E-state index in [1.54, 1.807) is 110 Å². The molecule has 0 radical (unpaired) electrons. The van der Waals surface area contributed by atoms with Crippen LogP contribution < -0.4 is 20.7 Å². The quantitative estimate of drug-likeness (QED) is 0.132. The van der Waals surface area contributed by atoms with Crippen molar-refractivity contribution in [2.45, 2.75) is 4.90 Å². The minimum Gasteiger partial charge on any atom is -0.497 e. The molecule has 0 unspecified atom stereocenters. The van der Waals surface area contributed by atoms with Gasteiger partial charge in [0.15, 0.2) is 0 Å². The Balaban J connectivity index is 1.41. The fraction of sp³-hybridized carbons (Fsp3) is 0.0645. The lowest BCUT2D eigenvalue weighted by Gasteiger charge is -2.12. The van der Waals surface area contributed by atoms with E-state index in [0.717, 1.165) is 4.90 Å². The Kier molecular flexibility index (Phi) is 10.5. The Labute approximate surface area is 251 Å². The lowest BCUT2D eigenvalue weighted by Crippen LogP contribution is -2.30. The van der Waals surface area contributed by atoms with Crippen molar-refractivity contribution >= 4 is 70.1 Å². The van der Waals surface area contributed by atoms with Crippen LogP contribution in [0.1, 0.15) is 15.9 Å². The molecule has 0 bridgehead atoms. The third-order valence-electron chi connectivity index (χ3n) is 5.64. The lowest BCUT2D eigenvalue weighted by molar-refractivity contribution is -0.114. The average Bonchev–Trinajstić information content (AvgIpc) is 2.99. The van der Waals surface area contributed by atoms with Crippen molar-refractivity contribution in [2.24, 2.45) is 0 Å². The second-order valence-electron chi connectivity index (χ2n) is 8.59. The van der Waals surface area contributed by atoms with Crippen LogP contribution in [0.4, 0.5) is 11.4 Å². The Morgan fingerprint density at radius 2 is 1.56 bits per heavy atom. The molecule has 0 aliphatic rings. The van der Waals surface area contributed by atoms with Crippen molar-refractivity contribution in [1.82, 2.24) is 5.32 Å². The van der Waals surface area contributed by atoms with Gasteiger partial charge >= 0.3 is 0 Å². The van der Waals surface area contributed by atoms with E-state index in [2.05, 4.69) is 16.0 Å². The zero-order chi connectivity index (χ0) is 29.2. The molecule has 0 saturated carbocycles. The van der Waals surface area contributed by atoms with Gasteiger partial charge in [-0.15, -0.1) is 11.8 Å². The maximum Gasteiger partial charge on any atom is 0.272 e. The Hall–Kier alpha value is -4.24. The predicted octanol–water partition coefficient (Wildman–Crippen LogP) is 7.14. The van der Waals surface area contributed by atoms with Gasteiger partial charge in [-0.1, -0.05) is 53.5 Å². The molecule has 0 aliphatic heterocycles. The van der Waals surface area contributed by atoms with Crippen LogP contribution in [-0.4, -0.2) is 30.6 Å². The summed E-state index contributed by atoms with van der Waals surface area (Å²) < 4.78 is 5.19. The molecule has 3 amide bonds. The maximum absolute atomic E-state index is 13.2. The smallest absolute Gasteiger partial charge is 0.272 e. The van der Waals surface area contributed by atoms with E-state index in [4.69, 9.17) is 27.9 Å². The molecule has 0 aliphatic carbocycles. The highest BCUT2D eigenvalue weighted by Gasteiger charge is 2.15. The van der Waals surface area contributed by atoms with Gasteiger partial charge in [-0.2, -0.15) is 0 Å². The Morgan fingerprint density at radius 1 is 0.854 bits per heavy atom. The van der Waals surface area contributed by atoms with E-state index in [0.29, 0.717) is 38.3 Å². The van der Waals surface area contributed by atoms with E-state index in [-0.39, 0.29) is 17.4 Å². The Bertz CT molecular complexity index is 1560. The summed E-state index contributed by atoms with van der Waals surface area (Å²) in [6.07, 6.45) is 1.59. The van der Waals surface area contributed by atoms with Crippen LogP contribution in [0.25, 0.3) is 6.08 Å². The molecule has 3 N–H and O–H groups in total. The van der Waals surface area contributed by atoms with Gasteiger partial charge in [-0.3, -0.25) is 14.4 Å². The van der Waals surface area contributed by atoms with Gasteiger partial charge in [-0.25, -0.2) is 0 Å². The number of thioether (sulfide) groups is 1. The molecule has 4 aromatic carbocycles. The van der Waals surface area contributed by atoms with Crippen molar-refractivity contribution in [1.29, 1.82) is 0 Å².